The molecule has 0 atom stereocenters. The van der Waals surface area contributed by atoms with Crippen molar-refractivity contribution in [2.75, 3.05) is 31.7 Å². The number of unbranched alkanes of at least 4 members (excludes halogenated alkanes) is 1. The first-order chi connectivity index (χ1) is 15.4. The lowest BCUT2D eigenvalue weighted by molar-refractivity contribution is 0.102. The van der Waals surface area contributed by atoms with Crippen molar-refractivity contribution in [2.24, 2.45) is 0 Å². The fraction of sp³-hybridized carbons (Fsp3) is 0.435. The van der Waals surface area contributed by atoms with Crippen LogP contribution in [0.1, 0.15) is 50.9 Å². The van der Waals surface area contributed by atoms with Gasteiger partial charge in [-0.1, -0.05) is 13.3 Å². The molecule has 0 aliphatic carbocycles. The van der Waals surface area contributed by atoms with E-state index in [1.165, 1.54) is 12.1 Å². The predicted octanol–water partition coefficient (Wildman–Crippen LogP) is 4.21. The minimum absolute atomic E-state index is 0.143. The zero-order chi connectivity index (χ0) is 23.6. The quantitative estimate of drug-likeness (QED) is 0.431. The number of benzene rings is 2. The molecule has 176 valence electrons. The number of sulfonamides is 1. The van der Waals surface area contributed by atoms with Gasteiger partial charge < -0.3 is 19.5 Å². The normalized spacial score (nSPS) is 11.1. The number of rotatable bonds is 13. The second-order valence-corrected chi connectivity index (χ2v) is 8.60. The van der Waals surface area contributed by atoms with Crippen molar-refractivity contribution in [1.82, 2.24) is 4.72 Å². The van der Waals surface area contributed by atoms with Crippen molar-refractivity contribution in [3.05, 3.63) is 42.0 Å². The molecule has 2 aromatic rings. The molecular formula is C23H32N2O6S. The smallest absolute Gasteiger partial charge is 0.255 e. The molecule has 0 saturated carbocycles. The zero-order valence-corrected chi connectivity index (χ0v) is 19.9. The van der Waals surface area contributed by atoms with Crippen molar-refractivity contribution in [3.63, 3.8) is 0 Å². The third-order valence-electron chi connectivity index (χ3n) is 4.42. The largest absolute Gasteiger partial charge is 0.490 e. The number of ether oxygens (including phenoxy) is 3. The standard InChI is InChI=1S/C23H32N2O6S/c1-5-9-14-24-32(27,28)19-12-10-18(11-13-19)25-23(26)17-15-20(29-6-2)22(31-8-4)21(16-17)30-7-3/h10-13,15-16,24H,5-9,14H2,1-4H3,(H,25,26). The van der Waals surface area contributed by atoms with Crippen LogP contribution in [0.5, 0.6) is 17.2 Å². The average molecular weight is 465 g/mol. The second kappa shape index (κ2) is 12.3. The van der Waals surface area contributed by atoms with Crippen LogP contribution in [0.25, 0.3) is 0 Å². The number of anilines is 1. The van der Waals surface area contributed by atoms with Gasteiger partial charge in [-0.15, -0.1) is 0 Å². The first-order valence-corrected chi connectivity index (χ1v) is 12.3. The van der Waals surface area contributed by atoms with Crippen LogP contribution in [0.4, 0.5) is 5.69 Å². The van der Waals surface area contributed by atoms with Gasteiger partial charge in [-0.05, 0) is 63.6 Å². The Kier molecular flexibility index (Phi) is 9.80. The van der Waals surface area contributed by atoms with Crippen molar-refractivity contribution in [2.45, 2.75) is 45.4 Å². The van der Waals surface area contributed by atoms with E-state index in [9.17, 15) is 13.2 Å². The Hall–Kier alpha value is -2.78. The molecule has 0 fully saturated rings. The van der Waals surface area contributed by atoms with Gasteiger partial charge in [0.25, 0.3) is 5.91 Å². The summed E-state index contributed by atoms with van der Waals surface area (Å²) in [6.07, 6.45) is 1.66. The van der Waals surface area contributed by atoms with E-state index in [1.807, 2.05) is 27.7 Å². The summed E-state index contributed by atoms with van der Waals surface area (Å²) in [5, 5.41) is 2.77. The zero-order valence-electron chi connectivity index (χ0n) is 19.1. The van der Waals surface area contributed by atoms with Gasteiger partial charge >= 0.3 is 0 Å². The van der Waals surface area contributed by atoms with Crippen LogP contribution in [-0.2, 0) is 10.0 Å². The molecule has 0 spiro atoms. The minimum atomic E-state index is -3.57. The first kappa shape index (κ1) is 25.5. The van der Waals surface area contributed by atoms with Gasteiger partial charge in [-0.2, -0.15) is 0 Å². The number of carbonyl (C=O) groups is 1. The lowest BCUT2D eigenvalue weighted by Crippen LogP contribution is -2.24. The predicted molar refractivity (Wildman–Crippen MR) is 124 cm³/mol. The number of hydrogen-bond acceptors (Lipinski definition) is 6. The highest BCUT2D eigenvalue weighted by Crippen LogP contribution is 2.39. The molecule has 0 saturated heterocycles. The van der Waals surface area contributed by atoms with E-state index in [4.69, 9.17) is 14.2 Å². The first-order valence-electron chi connectivity index (χ1n) is 10.8. The summed E-state index contributed by atoms with van der Waals surface area (Å²) in [5.41, 5.74) is 0.797. The molecule has 2 rings (SSSR count). The van der Waals surface area contributed by atoms with E-state index in [-0.39, 0.29) is 10.8 Å². The molecule has 32 heavy (non-hydrogen) atoms. The maximum atomic E-state index is 12.9. The Bertz CT molecular complexity index is 963. The number of hydrogen-bond donors (Lipinski definition) is 2. The third kappa shape index (κ3) is 6.86. The van der Waals surface area contributed by atoms with Crippen molar-refractivity contribution < 1.29 is 27.4 Å². The Morgan fingerprint density at radius 2 is 1.44 bits per heavy atom. The van der Waals surface area contributed by atoms with Gasteiger partial charge in [0, 0.05) is 17.8 Å². The summed E-state index contributed by atoms with van der Waals surface area (Å²) >= 11 is 0. The maximum absolute atomic E-state index is 12.9. The van der Waals surface area contributed by atoms with Crippen LogP contribution in [0.15, 0.2) is 41.3 Å². The van der Waals surface area contributed by atoms with E-state index >= 15 is 0 Å². The van der Waals surface area contributed by atoms with Gasteiger partial charge in [0.05, 0.1) is 24.7 Å². The molecule has 0 heterocycles. The topological polar surface area (TPSA) is 103 Å². The van der Waals surface area contributed by atoms with Crippen molar-refractivity contribution >= 4 is 21.6 Å². The van der Waals surface area contributed by atoms with Crippen molar-refractivity contribution in [1.29, 1.82) is 0 Å². The Morgan fingerprint density at radius 3 is 1.94 bits per heavy atom. The van der Waals surface area contributed by atoms with E-state index in [0.717, 1.165) is 12.8 Å². The number of nitrogens with one attached hydrogen (secondary N) is 2. The summed E-state index contributed by atoms with van der Waals surface area (Å²) in [6.45, 7) is 9.15. The highest BCUT2D eigenvalue weighted by molar-refractivity contribution is 7.89. The fourth-order valence-corrected chi connectivity index (χ4v) is 3.98. The molecule has 0 aromatic heterocycles. The molecule has 0 aliphatic rings. The Labute approximate surface area is 190 Å². The maximum Gasteiger partial charge on any atom is 0.255 e. The number of carbonyl (C=O) groups excluding carboxylic acids is 1. The molecule has 0 bridgehead atoms. The molecule has 1 amide bonds. The summed E-state index contributed by atoms with van der Waals surface area (Å²) in [7, 11) is -3.57. The van der Waals surface area contributed by atoms with Gasteiger partial charge in [0.2, 0.25) is 15.8 Å². The highest BCUT2D eigenvalue weighted by Gasteiger charge is 2.19. The lowest BCUT2D eigenvalue weighted by Gasteiger charge is -2.17. The molecule has 0 radical (unpaired) electrons. The second-order valence-electron chi connectivity index (χ2n) is 6.83. The molecular weight excluding hydrogens is 432 g/mol. The van der Waals surface area contributed by atoms with E-state index in [1.54, 1.807) is 24.3 Å². The van der Waals surface area contributed by atoms with Crippen LogP contribution in [-0.4, -0.2) is 40.7 Å². The molecule has 0 aliphatic heterocycles. The molecule has 9 heteroatoms. The fourth-order valence-electron chi connectivity index (χ4n) is 2.91. The van der Waals surface area contributed by atoms with Gasteiger partial charge in [-0.25, -0.2) is 13.1 Å². The van der Waals surface area contributed by atoms with E-state index < -0.39 is 10.0 Å². The summed E-state index contributed by atoms with van der Waals surface area (Å²) < 4.78 is 44.1. The van der Waals surface area contributed by atoms with Gasteiger partial charge in [-0.3, -0.25) is 4.79 Å². The monoisotopic (exact) mass is 464 g/mol. The Morgan fingerprint density at radius 1 is 0.875 bits per heavy atom. The molecule has 2 aromatic carbocycles. The van der Waals surface area contributed by atoms with Crippen LogP contribution < -0.4 is 24.2 Å². The molecule has 0 unspecified atom stereocenters. The van der Waals surface area contributed by atoms with Crippen LogP contribution >= 0.6 is 0 Å². The van der Waals surface area contributed by atoms with E-state index in [2.05, 4.69) is 10.0 Å². The van der Waals surface area contributed by atoms with Crippen LogP contribution in [0, 0.1) is 0 Å². The number of amides is 1. The Balaban J connectivity index is 2.22. The average Bonchev–Trinajstić information content (AvgIpc) is 2.76. The summed E-state index contributed by atoms with van der Waals surface area (Å²) in [4.78, 5) is 13.0. The van der Waals surface area contributed by atoms with Gasteiger partial charge in [0.15, 0.2) is 11.5 Å². The lowest BCUT2D eigenvalue weighted by atomic mass is 10.1. The highest BCUT2D eigenvalue weighted by atomic mass is 32.2. The van der Waals surface area contributed by atoms with E-state index in [0.29, 0.717) is 54.9 Å². The summed E-state index contributed by atoms with van der Waals surface area (Å²) in [5.74, 6) is 0.916. The molecule has 8 nitrogen and oxygen atoms in total. The summed E-state index contributed by atoms with van der Waals surface area (Å²) in [6, 6.07) is 9.21. The minimum Gasteiger partial charge on any atom is -0.490 e. The van der Waals surface area contributed by atoms with Crippen molar-refractivity contribution in [3.8, 4) is 17.2 Å². The SMILES string of the molecule is CCCCNS(=O)(=O)c1ccc(NC(=O)c2cc(OCC)c(OCC)c(OCC)c2)cc1. The third-order valence-corrected chi connectivity index (χ3v) is 5.89. The van der Waals surface area contributed by atoms with Crippen LogP contribution in [0.3, 0.4) is 0 Å². The molecule has 2 N–H and O–H groups in total. The van der Waals surface area contributed by atoms with Gasteiger partial charge in [0.1, 0.15) is 0 Å². The van der Waals surface area contributed by atoms with Crippen LogP contribution in [0.2, 0.25) is 0 Å².